The van der Waals surface area contributed by atoms with Crippen LogP contribution >= 0.6 is 0 Å². The minimum Gasteiger partial charge on any atom is -0.310 e. The van der Waals surface area contributed by atoms with E-state index in [0.717, 1.165) is 39.3 Å². The van der Waals surface area contributed by atoms with Crippen LogP contribution < -0.4 is 4.90 Å². The van der Waals surface area contributed by atoms with Crippen LogP contribution in [-0.2, 0) is 0 Å². The Morgan fingerprint density at radius 2 is 0.980 bits per heavy atom. The van der Waals surface area contributed by atoms with E-state index in [1.54, 1.807) is 0 Å². The monoisotopic (exact) mass is 641 g/mol. The standard InChI is InChI=1S/C49H39N/c1-3-5-19-37(4-2)48-36-43(32-33-46(48)40-24-13-8-14-25-40)47-30-15-16-31-49(47)50(44-28-17-26-41(34-44)38-20-9-6-10-21-38)45-29-18-27-42(35-45)39-22-11-7-12-23-39/h3-36H,2H2,1H3. The van der Waals surface area contributed by atoms with Crippen LogP contribution in [0.25, 0.3) is 50.1 Å². The van der Waals surface area contributed by atoms with Gasteiger partial charge in [-0.05, 0) is 93.4 Å². The molecule has 0 radical (unpaired) electrons. The van der Waals surface area contributed by atoms with Gasteiger partial charge in [-0.15, -0.1) is 0 Å². The maximum Gasteiger partial charge on any atom is 0.0540 e. The Labute approximate surface area is 296 Å². The Morgan fingerprint density at radius 3 is 1.54 bits per heavy atom. The van der Waals surface area contributed by atoms with E-state index in [2.05, 4.69) is 212 Å². The summed E-state index contributed by atoms with van der Waals surface area (Å²) in [5, 5.41) is 0. The molecule has 1 heteroatoms. The molecular weight excluding hydrogens is 603 g/mol. The van der Waals surface area contributed by atoms with Crippen molar-refractivity contribution in [2.75, 3.05) is 4.90 Å². The smallest absolute Gasteiger partial charge is 0.0540 e. The van der Waals surface area contributed by atoms with Crippen LogP contribution in [0.1, 0.15) is 12.5 Å². The van der Waals surface area contributed by atoms with Crippen molar-refractivity contribution in [1.29, 1.82) is 0 Å². The fourth-order valence-electron chi connectivity index (χ4n) is 6.54. The van der Waals surface area contributed by atoms with Gasteiger partial charge in [-0.1, -0.05) is 176 Å². The van der Waals surface area contributed by atoms with E-state index in [-0.39, 0.29) is 0 Å². The quantitative estimate of drug-likeness (QED) is 0.134. The summed E-state index contributed by atoms with van der Waals surface area (Å²) in [7, 11) is 0. The molecule has 0 saturated heterocycles. The molecule has 0 amide bonds. The fraction of sp³-hybridized carbons (Fsp3) is 0.0204. The molecule has 0 N–H and O–H groups in total. The number of benzene rings is 7. The predicted molar refractivity (Wildman–Crippen MR) is 216 cm³/mol. The van der Waals surface area contributed by atoms with Gasteiger partial charge < -0.3 is 4.90 Å². The first-order chi connectivity index (χ1) is 24.7. The molecule has 0 aromatic heterocycles. The van der Waals surface area contributed by atoms with Gasteiger partial charge in [0.1, 0.15) is 0 Å². The van der Waals surface area contributed by atoms with Gasteiger partial charge in [0, 0.05) is 16.9 Å². The average Bonchev–Trinajstić information content (AvgIpc) is 3.20. The predicted octanol–water partition coefficient (Wildman–Crippen LogP) is 14.0. The minimum absolute atomic E-state index is 1.07. The molecule has 0 atom stereocenters. The van der Waals surface area contributed by atoms with Crippen molar-refractivity contribution in [1.82, 2.24) is 0 Å². The molecule has 0 fully saturated rings. The summed E-state index contributed by atoms with van der Waals surface area (Å²) in [6.45, 7) is 6.25. The number of hydrogen-bond acceptors (Lipinski definition) is 1. The van der Waals surface area contributed by atoms with Crippen LogP contribution in [0.3, 0.4) is 0 Å². The highest BCUT2D eigenvalue weighted by molar-refractivity contribution is 5.93. The molecule has 1 nitrogen and oxygen atoms in total. The first-order valence-corrected chi connectivity index (χ1v) is 17.1. The first kappa shape index (κ1) is 32.1. The summed E-state index contributed by atoms with van der Waals surface area (Å²) >= 11 is 0. The second-order valence-corrected chi connectivity index (χ2v) is 12.2. The van der Waals surface area contributed by atoms with Crippen molar-refractivity contribution in [2.24, 2.45) is 0 Å². The molecule has 0 spiro atoms. The molecule has 50 heavy (non-hydrogen) atoms. The number of rotatable bonds is 10. The Hall–Kier alpha value is -6.44. The Kier molecular flexibility index (Phi) is 9.76. The largest absolute Gasteiger partial charge is 0.310 e. The SMILES string of the molecule is C=CC(=CC=CC)c1cc(-c2ccccc2N(c2cccc(-c3ccccc3)c2)c2cccc(-c3ccccc3)c2)ccc1-c1ccccc1. The number of hydrogen-bond donors (Lipinski definition) is 0. The number of anilines is 3. The summed E-state index contributed by atoms with van der Waals surface area (Å²) in [6.07, 6.45) is 8.22. The van der Waals surface area contributed by atoms with E-state index in [1.165, 1.54) is 33.4 Å². The lowest BCUT2D eigenvalue weighted by molar-refractivity contribution is 1.28. The summed E-state index contributed by atoms with van der Waals surface area (Å²) in [5.41, 5.74) is 14.8. The zero-order valence-electron chi connectivity index (χ0n) is 28.3. The van der Waals surface area contributed by atoms with E-state index >= 15 is 0 Å². The summed E-state index contributed by atoms with van der Waals surface area (Å²) in [6, 6.07) is 65.0. The second kappa shape index (κ2) is 15.2. The van der Waals surface area contributed by atoms with Crippen molar-refractivity contribution in [3.63, 3.8) is 0 Å². The first-order valence-electron chi connectivity index (χ1n) is 17.1. The topological polar surface area (TPSA) is 3.24 Å². The van der Waals surface area contributed by atoms with Crippen LogP contribution in [0.15, 0.2) is 213 Å². The van der Waals surface area contributed by atoms with E-state index in [9.17, 15) is 0 Å². The van der Waals surface area contributed by atoms with Gasteiger partial charge in [-0.25, -0.2) is 0 Å². The Bertz CT molecular complexity index is 2200. The van der Waals surface area contributed by atoms with Crippen molar-refractivity contribution < 1.29 is 0 Å². The van der Waals surface area contributed by atoms with Crippen molar-refractivity contribution in [2.45, 2.75) is 6.92 Å². The fourth-order valence-corrected chi connectivity index (χ4v) is 6.54. The maximum absolute atomic E-state index is 4.21. The summed E-state index contributed by atoms with van der Waals surface area (Å²) in [5.74, 6) is 0. The van der Waals surface area contributed by atoms with Gasteiger partial charge in [-0.2, -0.15) is 0 Å². The second-order valence-electron chi connectivity index (χ2n) is 12.2. The molecule has 0 aliphatic heterocycles. The van der Waals surface area contributed by atoms with Gasteiger partial charge >= 0.3 is 0 Å². The van der Waals surface area contributed by atoms with Crippen molar-refractivity contribution in [3.8, 4) is 44.5 Å². The van der Waals surface area contributed by atoms with Crippen LogP contribution in [0.4, 0.5) is 17.1 Å². The van der Waals surface area contributed by atoms with Gasteiger partial charge in [0.25, 0.3) is 0 Å². The summed E-state index contributed by atoms with van der Waals surface area (Å²) in [4.78, 5) is 2.39. The minimum atomic E-state index is 1.07. The zero-order valence-corrected chi connectivity index (χ0v) is 28.3. The lowest BCUT2D eigenvalue weighted by Gasteiger charge is -2.29. The molecule has 240 valence electrons. The van der Waals surface area contributed by atoms with E-state index in [4.69, 9.17) is 0 Å². The van der Waals surface area contributed by atoms with Crippen LogP contribution in [0, 0.1) is 0 Å². The van der Waals surface area contributed by atoms with Crippen LogP contribution in [0.2, 0.25) is 0 Å². The molecule has 7 aromatic carbocycles. The normalized spacial score (nSPS) is 11.4. The Morgan fingerprint density at radius 1 is 0.460 bits per heavy atom. The molecule has 7 aromatic rings. The third kappa shape index (κ3) is 6.90. The lowest BCUT2D eigenvalue weighted by Crippen LogP contribution is -2.11. The van der Waals surface area contributed by atoms with E-state index < -0.39 is 0 Å². The zero-order chi connectivity index (χ0) is 34.1. The highest BCUT2D eigenvalue weighted by Gasteiger charge is 2.19. The molecule has 0 aliphatic carbocycles. The molecule has 0 aliphatic rings. The van der Waals surface area contributed by atoms with Crippen LogP contribution in [0.5, 0.6) is 0 Å². The lowest BCUT2D eigenvalue weighted by atomic mass is 9.90. The highest BCUT2D eigenvalue weighted by Crippen LogP contribution is 2.44. The van der Waals surface area contributed by atoms with E-state index in [0.29, 0.717) is 0 Å². The van der Waals surface area contributed by atoms with Gasteiger partial charge in [0.05, 0.1) is 5.69 Å². The molecule has 0 bridgehead atoms. The van der Waals surface area contributed by atoms with Crippen molar-refractivity contribution >= 4 is 22.6 Å². The van der Waals surface area contributed by atoms with Gasteiger partial charge in [0.15, 0.2) is 0 Å². The molecule has 7 rings (SSSR count). The molecule has 0 heterocycles. The molecule has 0 saturated carbocycles. The van der Waals surface area contributed by atoms with Gasteiger partial charge in [-0.3, -0.25) is 0 Å². The van der Waals surface area contributed by atoms with Crippen LogP contribution in [-0.4, -0.2) is 0 Å². The summed E-state index contributed by atoms with van der Waals surface area (Å²) < 4.78 is 0. The highest BCUT2D eigenvalue weighted by atomic mass is 15.1. The average molecular weight is 642 g/mol. The third-order valence-electron chi connectivity index (χ3n) is 8.98. The number of allylic oxidation sites excluding steroid dienone is 5. The molecule has 0 unspecified atom stereocenters. The Balaban J connectivity index is 1.44. The number of nitrogens with zero attached hydrogens (tertiary/aromatic N) is 1. The third-order valence-corrected chi connectivity index (χ3v) is 8.98. The maximum atomic E-state index is 4.21. The van der Waals surface area contributed by atoms with Crippen molar-refractivity contribution in [3.05, 3.63) is 218 Å². The van der Waals surface area contributed by atoms with E-state index in [1.807, 2.05) is 13.0 Å². The molecular formula is C49H39N. The number of para-hydroxylation sites is 1. The van der Waals surface area contributed by atoms with Gasteiger partial charge in [0.2, 0.25) is 0 Å².